The molecule has 1 unspecified atom stereocenters. The van der Waals surface area contributed by atoms with Gasteiger partial charge in [0.25, 0.3) is 5.91 Å². The second kappa shape index (κ2) is 12.9. The van der Waals surface area contributed by atoms with Crippen molar-refractivity contribution in [2.45, 2.75) is 31.2 Å². The molecule has 0 aliphatic rings. The van der Waals surface area contributed by atoms with Crippen LogP contribution in [0.25, 0.3) is 0 Å². The molecule has 2 atom stereocenters. The second-order valence-electron chi connectivity index (χ2n) is 7.06. The molecule has 0 aliphatic heterocycles. The maximum atomic E-state index is 12.7. The molecule has 0 radical (unpaired) electrons. The molecule has 3 N–H and O–H groups in total. The van der Waals surface area contributed by atoms with Crippen molar-refractivity contribution < 1.29 is 32.7 Å². The van der Waals surface area contributed by atoms with E-state index in [0.717, 1.165) is 11.8 Å². The minimum absolute atomic E-state index is 0.0864. The van der Waals surface area contributed by atoms with Gasteiger partial charge in [-0.05, 0) is 36.3 Å². The molecule has 2 rings (SSSR count). The van der Waals surface area contributed by atoms with E-state index in [1.165, 1.54) is 18.5 Å². The highest BCUT2D eigenvalue weighted by molar-refractivity contribution is 7.99. The molecule has 0 bridgehead atoms. The van der Waals surface area contributed by atoms with Crippen LogP contribution in [0.3, 0.4) is 0 Å². The van der Waals surface area contributed by atoms with Crippen LogP contribution in [-0.2, 0) is 9.59 Å². The van der Waals surface area contributed by atoms with Gasteiger partial charge < -0.3 is 15.7 Å². The smallest absolute Gasteiger partial charge is 0.387 e. The number of Topliss-reactive ketones (excluding diaryl/α,β-unsaturated/α-hetero) is 1. The minimum atomic E-state index is -4.87. The summed E-state index contributed by atoms with van der Waals surface area (Å²) < 4.78 is 36.8. The van der Waals surface area contributed by atoms with Crippen LogP contribution >= 0.6 is 11.8 Å². The van der Waals surface area contributed by atoms with Crippen LogP contribution < -0.4 is 10.6 Å². The first-order valence-electron chi connectivity index (χ1n) is 10.1. The third-order valence-electron chi connectivity index (χ3n) is 4.53. The molecular formula is C22H24F3N3O4S. The average Bonchev–Trinajstić information content (AvgIpc) is 2.81. The van der Waals surface area contributed by atoms with E-state index in [1.807, 2.05) is 0 Å². The molecule has 0 fully saturated rings. The fraction of sp³-hybridized carbons (Fsp3) is 0.364. The summed E-state index contributed by atoms with van der Waals surface area (Å²) >= 11 is 0.809. The third kappa shape index (κ3) is 9.22. The zero-order valence-electron chi connectivity index (χ0n) is 17.5. The Labute approximate surface area is 193 Å². The van der Waals surface area contributed by atoms with Crippen molar-refractivity contribution in [1.82, 2.24) is 15.6 Å². The molecule has 33 heavy (non-hydrogen) atoms. The van der Waals surface area contributed by atoms with Crippen LogP contribution in [0.15, 0.2) is 54.9 Å². The Kier molecular flexibility index (Phi) is 10.3. The fourth-order valence-electron chi connectivity index (χ4n) is 2.76. The van der Waals surface area contributed by atoms with Crippen LogP contribution in [0.5, 0.6) is 0 Å². The van der Waals surface area contributed by atoms with E-state index in [0.29, 0.717) is 5.56 Å². The Morgan fingerprint density at radius 3 is 2.45 bits per heavy atom. The second-order valence-corrected chi connectivity index (χ2v) is 8.16. The first-order valence-corrected chi connectivity index (χ1v) is 11.2. The van der Waals surface area contributed by atoms with Crippen LogP contribution in [0, 0.1) is 0 Å². The molecule has 0 aliphatic carbocycles. The van der Waals surface area contributed by atoms with E-state index in [2.05, 4.69) is 15.6 Å². The number of carbonyl (C=O) groups excluding carboxylic acids is 3. The van der Waals surface area contributed by atoms with Gasteiger partial charge in [0, 0.05) is 18.9 Å². The molecule has 11 heteroatoms. The third-order valence-corrected chi connectivity index (χ3v) is 5.57. The Morgan fingerprint density at radius 2 is 1.82 bits per heavy atom. The van der Waals surface area contributed by atoms with Crippen molar-refractivity contribution in [3.05, 3.63) is 66.0 Å². The van der Waals surface area contributed by atoms with Gasteiger partial charge >= 0.3 is 6.18 Å². The molecule has 1 heterocycles. The predicted molar refractivity (Wildman–Crippen MR) is 118 cm³/mol. The van der Waals surface area contributed by atoms with Gasteiger partial charge in [0.15, 0.2) is 0 Å². The highest BCUT2D eigenvalue weighted by Crippen LogP contribution is 2.19. The molecule has 1 aromatic carbocycles. The van der Waals surface area contributed by atoms with Crippen LogP contribution in [0.2, 0.25) is 0 Å². The molecule has 0 saturated carbocycles. The maximum absolute atomic E-state index is 12.7. The molecule has 1 aromatic heterocycles. The van der Waals surface area contributed by atoms with Crippen molar-refractivity contribution in [1.29, 1.82) is 0 Å². The zero-order chi connectivity index (χ0) is 24.3. The quantitative estimate of drug-likeness (QED) is 0.401. The number of pyridine rings is 1. The maximum Gasteiger partial charge on any atom is 0.450 e. The van der Waals surface area contributed by atoms with Crippen molar-refractivity contribution >= 4 is 29.4 Å². The van der Waals surface area contributed by atoms with E-state index in [4.69, 9.17) is 0 Å². The highest BCUT2D eigenvalue weighted by Gasteiger charge is 2.37. The first kappa shape index (κ1) is 26.3. The monoisotopic (exact) mass is 483 g/mol. The lowest BCUT2D eigenvalue weighted by Crippen LogP contribution is -2.47. The zero-order valence-corrected chi connectivity index (χ0v) is 18.4. The van der Waals surface area contributed by atoms with Gasteiger partial charge in [-0.3, -0.25) is 19.4 Å². The number of nitrogens with zero attached hydrogens (tertiary/aromatic N) is 1. The Balaban J connectivity index is 1.92. The normalized spacial score (nSPS) is 13.1. The Bertz CT molecular complexity index is 914. The van der Waals surface area contributed by atoms with Crippen LogP contribution in [0.1, 0.15) is 34.9 Å². The lowest BCUT2D eigenvalue weighted by atomic mass is 10.1. The van der Waals surface area contributed by atoms with Gasteiger partial charge in [0.2, 0.25) is 11.7 Å². The van der Waals surface area contributed by atoms with E-state index >= 15 is 0 Å². The predicted octanol–water partition coefficient (Wildman–Crippen LogP) is 2.67. The van der Waals surface area contributed by atoms with Gasteiger partial charge in [-0.15, -0.1) is 0 Å². The molecule has 7 nitrogen and oxygen atoms in total. The van der Waals surface area contributed by atoms with Crippen molar-refractivity contribution in [3.63, 3.8) is 0 Å². The average molecular weight is 484 g/mol. The van der Waals surface area contributed by atoms with E-state index in [-0.39, 0.29) is 30.7 Å². The number of rotatable bonds is 12. The highest BCUT2D eigenvalue weighted by atomic mass is 32.2. The Morgan fingerprint density at radius 1 is 1.09 bits per heavy atom. The Hall–Kier alpha value is -2.92. The lowest BCUT2D eigenvalue weighted by Gasteiger charge is -2.20. The number of amides is 2. The number of halogens is 3. The number of nitrogens with one attached hydrogen (secondary N) is 2. The molecule has 0 spiro atoms. The summed E-state index contributed by atoms with van der Waals surface area (Å²) in [4.78, 5) is 39.9. The number of aliphatic hydroxyl groups excluding tert-OH is 1. The molecule has 2 aromatic rings. The molecule has 2 amide bonds. The van der Waals surface area contributed by atoms with Gasteiger partial charge in [0.05, 0.1) is 17.4 Å². The number of hydrogen-bond donors (Lipinski definition) is 3. The molecule has 0 saturated heterocycles. The van der Waals surface area contributed by atoms with Gasteiger partial charge in [-0.1, -0.05) is 30.3 Å². The summed E-state index contributed by atoms with van der Waals surface area (Å²) in [5.74, 6) is -3.40. The van der Waals surface area contributed by atoms with Crippen LogP contribution in [-0.4, -0.2) is 58.0 Å². The lowest BCUT2D eigenvalue weighted by molar-refractivity contribution is -0.167. The number of aromatic nitrogens is 1. The van der Waals surface area contributed by atoms with E-state index in [9.17, 15) is 32.7 Å². The first-order chi connectivity index (χ1) is 15.7. The summed E-state index contributed by atoms with van der Waals surface area (Å²) in [5.41, 5.74) is 0.851. The number of thioether (sulfide) groups is 1. The van der Waals surface area contributed by atoms with E-state index < -0.39 is 41.7 Å². The topological polar surface area (TPSA) is 108 Å². The summed E-state index contributed by atoms with van der Waals surface area (Å²) in [6, 6.07) is 10.8. The standard InChI is InChI=1S/C22H24F3N3O4S/c23-22(24,25)19(30)14-33-11-5-9-17(28-20(31)16-8-4-10-26-12-16)21(32)27-13-18(29)15-6-2-1-3-7-15/h1-4,6-8,10,12,17-18,29H,5,9,11,13-14H2,(H,27,32)(H,28,31)/t17-,18?/m0/s1. The molecular weight excluding hydrogens is 459 g/mol. The number of ketones is 1. The largest absolute Gasteiger partial charge is 0.450 e. The summed E-state index contributed by atoms with van der Waals surface area (Å²) in [5, 5.41) is 15.4. The van der Waals surface area contributed by atoms with Gasteiger partial charge in [-0.2, -0.15) is 24.9 Å². The minimum Gasteiger partial charge on any atom is -0.387 e. The van der Waals surface area contributed by atoms with Crippen LogP contribution in [0.4, 0.5) is 13.2 Å². The number of aliphatic hydroxyl groups is 1. The summed E-state index contributed by atoms with van der Waals surface area (Å²) in [6.07, 6.45) is -2.58. The van der Waals surface area contributed by atoms with Gasteiger partial charge in [0.1, 0.15) is 6.04 Å². The summed E-state index contributed by atoms with van der Waals surface area (Å²) in [6.45, 7) is -0.0864. The van der Waals surface area contributed by atoms with Crippen molar-refractivity contribution in [2.24, 2.45) is 0 Å². The number of hydrogen-bond acceptors (Lipinski definition) is 6. The van der Waals surface area contributed by atoms with Crippen molar-refractivity contribution in [3.8, 4) is 0 Å². The molecule has 178 valence electrons. The SMILES string of the molecule is O=C(N[C@@H](CCCSCC(=O)C(F)(F)F)C(=O)NCC(O)c1ccccc1)c1cccnc1. The van der Waals surface area contributed by atoms with Crippen molar-refractivity contribution in [2.75, 3.05) is 18.1 Å². The fourth-order valence-corrected chi connectivity index (χ4v) is 3.62. The van der Waals surface area contributed by atoms with E-state index in [1.54, 1.807) is 36.4 Å². The summed E-state index contributed by atoms with van der Waals surface area (Å²) in [7, 11) is 0. The number of alkyl halides is 3. The van der Waals surface area contributed by atoms with Gasteiger partial charge in [-0.25, -0.2) is 0 Å². The number of benzene rings is 1. The number of carbonyl (C=O) groups is 3.